The van der Waals surface area contributed by atoms with Gasteiger partial charge in [0.2, 0.25) is 0 Å². The molecule has 1 unspecified atom stereocenters. The zero-order chi connectivity index (χ0) is 12.5. The number of anilines is 1. The third kappa shape index (κ3) is 2.21. The lowest BCUT2D eigenvalue weighted by Gasteiger charge is -2.31. The fourth-order valence-corrected chi connectivity index (χ4v) is 4.64. The molecule has 98 valence electrons. The van der Waals surface area contributed by atoms with Gasteiger partial charge in [-0.3, -0.25) is 4.90 Å². The number of nitrogens with zero attached hydrogens (tertiary/aromatic N) is 3. The quantitative estimate of drug-likeness (QED) is 0.894. The Balaban J connectivity index is 1.97. The van der Waals surface area contributed by atoms with E-state index >= 15 is 0 Å². The van der Waals surface area contributed by atoms with E-state index in [0.29, 0.717) is 6.04 Å². The van der Waals surface area contributed by atoms with Crippen molar-refractivity contribution in [2.24, 2.45) is 0 Å². The fourth-order valence-electron chi connectivity index (χ4n) is 2.38. The number of aromatic nitrogens is 2. The van der Waals surface area contributed by atoms with Crippen LogP contribution in [0.5, 0.6) is 0 Å². The van der Waals surface area contributed by atoms with Crippen molar-refractivity contribution in [3.8, 4) is 0 Å². The third-order valence-electron chi connectivity index (χ3n) is 3.53. The predicted octanol–water partition coefficient (Wildman–Crippen LogP) is 1.98. The maximum atomic E-state index is 4.81. The number of hydrogen-bond donors (Lipinski definition) is 1. The standard InChI is InChI=1S/C12H18N4S2/c1-13-11-8-5-18-6-9(8)14-12(15-11)10-7-17-4-3-16(10)2/h10H,3-7H2,1-2H3,(H,13,14,15). The second kappa shape index (κ2) is 5.27. The molecular formula is C12H18N4S2. The van der Waals surface area contributed by atoms with Crippen LogP contribution in [-0.2, 0) is 11.5 Å². The maximum Gasteiger partial charge on any atom is 0.148 e. The second-order valence-corrected chi connectivity index (χ2v) is 6.81. The molecule has 3 heterocycles. The lowest BCUT2D eigenvalue weighted by molar-refractivity contribution is 0.264. The van der Waals surface area contributed by atoms with Crippen molar-refractivity contribution in [2.75, 3.05) is 37.5 Å². The Bertz CT molecular complexity index is 452. The summed E-state index contributed by atoms with van der Waals surface area (Å²) in [4.78, 5) is 11.9. The van der Waals surface area contributed by atoms with Crippen LogP contribution in [0.4, 0.5) is 5.82 Å². The Morgan fingerprint density at radius 3 is 2.94 bits per heavy atom. The van der Waals surface area contributed by atoms with Crippen molar-refractivity contribution in [2.45, 2.75) is 17.5 Å². The van der Waals surface area contributed by atoms with Gasteiger partial charge >= 0.3 is 0 Å². The van der Waals surface area contributed by atoms with Gasteiger partial charge in [-0.1, -0.05) is 0 Å². The molecule has 0 aromatic carbocycles. The Morgan fingerprint density at radius 2 is 2.17 bits per heavy atom. The van der Waals surface area contributed by atoms with Crippen molar-refractivity contribution >= 4 is 29.3 Å². The molecule has 3 rings (SSSR count). The van der Waals surface area contributed by atoms with Crippen LogP contribution in [0.1, 0.15) is 23.1 Å². The summed E-state index contributed by atoms with van der Waals surface area (Å²) in [5.74, 6) is 6.42. The molecule has 0 bridgehead atoms. The zero-order valence-electron chi connectivity index (χ0n) is 10.8. The second-order valence-electron chi connectivity index (χ2n) is 4.67. The minimum Gasteiger partial charge on any atom is -0.373 e. The van der Waals surface area contributed by atoms with Crippen molar-refractivity contribution in [1.82, 2.24) is 14.9 Å². The molecule has 1 atom stereocenters. The number of rotatable bonds is 2. The van der Waals surface area contributed by atoms with E-state index in [9.17, 15) is 0 Å². The summed E-state index contributed by atoms with van der Waals surface area (Å²) in [7, 11) is 4.13. The van der Waals surface area contributed by atoms with Crippen LogP contribution in [0, 0.1) is 0 Å². The van der Waals surface area contributed by atoms with E-state index in [-0.39, 0.29) is 0 Å². The first-order valence-electron chi connectivity index (χ1n) is 6.22. The van der Waals surface area contributed by atoms with Gasteiger partial charge in [0.15, 0.2) is 0 Å². The molecule has 0 amide bonds. The van der Waals surface area contributed by atoms with E-state index < -0.39 is 0 Å². The normalized spacial score (nSPS) is 24.0. The van der Waals surface area contributed by atoms with E-state index in [1.54, 1.807) is 0 Å². The summed E-state index contributed by atoms with van der Waals surface area (Å²) in [5, 5.41) is 3.23. The van der Waals surface area contributed by atoms with Gasteiger partial charge in [-0.15, -0.1) is 0 Å². The minimum absolute atomic E-state index is 0.367. The average Bonchev–Trinajstić information content (AvgIpc) is 2.86. The number of fused-ring (bicyclic) bond motifs is 1. The van der Waals surface area contributed by atoms with Crippen molar-refractivity contribution in [3.63, 3.8) is 0 Å². The Hall–Kier alpha value is -0.460. The SMILES string of the molecule is CNc1nc(C2CSCCN2C)nc2c1CSC2. The molecule has 1 saturated heterocycles. The van der Waals surface area contributed by atoms with Gasteiger partial charge in [-0.05, 0) is 7.05 Å². The molecule has 1 N–H and O–H groups in total. The lowest BCUT2D eigenvalue weighted by Crippen LogP contribution is -2.34. The predicted molar refractivity (Wildman–Crippen MR) is 79.3 cm³/mol. The first-order chi connectivity index (χ1) is 8.79. The summed E-state index contributed by atoms with van der Waals surface area (Å²) < 4.78 is 0. The molecule has 1 aromatic heterocycles. The molecule has 0 spiro atoms. The summed E-state index contributed by atoms with van der Waals surface area (Å²) in [5.41, 5.74) is 2.54. The largest absolute Gasteiger partial charge is 0.373 e. The molecule has 2 aliphatic rings. The number of hydrogen-bond acceptors (Lipinski definition) is 6. The van der Waals surface area contributed by atoms with Crippen LogP contribution in [0.25, 0.3) is 0 Å². The number of nitrogens with one attached hydrogen (secondary N) is 1. The Labute approximate surface area is 116 Å². The molecule has 1 aromatic rings. The van der Waals surface area contributed by atoms with Crippen molar-refractivity contribution in [1.29, 1.82) is 0 Å². The third-order valence-corrected chi connectivity index (χ3v) is 5.52. The maximum absolute atomic E-state index is 4.81. The Kier molecular flexibility index (Phi) is 3.68. The highest BCUT2D eigenvalue weighted by Crippen LogP contribution is 2.35. The molecular weight excluding hydrogens is 264 g/mol. The zero-order valence-corrected chi connectivity index (χ0v) is 12.4. The first kappa shape index (κ1) is 12.6. The van der Waals surface area contributed by atoms with Gasteiger partial charge < -0.3 is 5.32 Å². The van der Waals surface area contributed by atoms with Gasteiger partial charge in [0, 0.05) is 42.2 Å². The van der Waals surface area contributed by atoms with Gasteiger partial charge in [0.1, 0.15) is 11.6 Å². The molecule has 0 radical (unpaired) electrons. The summed E-state index contributed by atoms with van der Waals surface area (Å²) in [6, 6.07) is 0.367. The van der Waals surface area contributed by atoms with Crippen LogP contribution in [0.2, 0.25) is 0 Å². The first-order valence-corrected chi connectivity index (χ1v) is 8.53. The Morgan fingerprint density at radius 1 is 1.28 bits per heavy atom. The molecule has 0 aliphatic carbocycles. The molecule has 0 saturated carbocycles. The summed E-state index contributed by atoms with van der Waals surface area (Å²) in [6.07, 6.45) is 0. The number of thioether (sulfide) groups is 2. The molecule has 4 nitrogen and oxygen atoms in total. The minimum atomic E-state index is 0.367. The summed E-state index contributed by atoms with van der Waals surface area (Å²) >= 11 is 3.93. The van der Waals surface area contributed by atoms with Crippen molar-refractivity contribution in [3.05, 3.63) is 17.1 Å². The van der Waals surface area contributed by atoms with E-state index in [1.807, 2.05) is 30.6 Å². The molecule has 6 heteroatoms. The highest BCUT2D eigenvalue weighted by atomic mass is 32.2. The van der Waals surface area contributed by atoms with Crippen molar-refractivity contribution < 1.29 is 0 Å². The topological polar surface area (TPSA) is 41.1 Å². The van der Waals surface area contributed by atoms with Crippen LogP contribution in [0.15, 0.2) is 0 Å². The van der Waals surface area contributed by atoms with E-state index in [2.05, 4.69) is 17.3 Å². The van der Waals surface area contributed by atoms with E-state index in [4.69, 9.17) is 9.97 Å². The van der Waals surface area contributed by atoms with Gasteiger partial charge in [0.25, 0.3) is 0 Å². The van der Waals surface area contributed by atoms with Gasteiger partial charge in [-0.25, -0.2) is 9.97 Å². The summed E-state index contributed by atoms with van der Waals surface area (Å²) in [6.45, 7) is 1.12. The van der Waals surface area contributed by atoms with Crippen LogP contribution in [-0.4, -0.2) is 47.0 Å². The highest BCUT2D eigenvalue weighted by molar-refractivity contribution is 7.99. The van der Waals surface area contributed by atoms with E-state index in [1.165, 1.54) is 17.0 Å². The molecule has 2 aliphatic heterocycles. The molecule has 1 fully saturated rings. The lowest BCUT2D eigenvalue weighted by atomic mass is 10.2. The average molecular weight is 282 g/mol. The van der Waals surface area contributed by atoms with Crippen LogP contribution < -0.4 is 5.32 Å². The molecule has 18 heavy (non-hydrogen) atoms. The van der Waals surface area contributed by atoms with Crippen LogP contribution >= 0.6 is 23.5 Å². The van der Waals surface area contributed by atoms with E-state index in [0.717, 1.165) is 35.4 Å². The van der Waals surface area contributed by atoms with Gasteiger partial charge in [0.05, 0.1) is 11.7 Å². The monoisotopic (exact) mass is 282 g/mol. The smallest absolute Gasteiger partial charge is 0.148 e. The highest BCUT2D eigenvalue weighted by Gasteiger charge is 2.27. The van der Waals surface area contributed by atoms with Crippen LogP contribution in [0.3, 0.4) is 0 Å². The fraction of sp³-hybridized carbons (Fsp3) is 0.667. The van der Waals surface area contributed by atoms with Gasteiger partial charge in [-0.2, -0.15) is 23.5 Å².